The summed E-state index contributed by atoms with van der Waals surface area (Å²) in [6, 6.07) is 5.33. The van der Waals surface area contributed by atoms with Crippen LogP contribution in [0.5, 0.6) is 0 Å². The molecule has 0 bridgehead atoms. The first-order valence-electron chi connectivity index (χ1n) is 6.45. The molecule has 3 nitrogen and oxygen atoms in total. The van der Waals surface area contributed by atoms with E-state index in [4.69, 9.17) is 11.6 Å². The summed E-state index contributed by atoms with van der Waals surface area (Å²) in [6.07, 6.45) is -2.83. The number of aromatic nitrogens is 1. The molecule has 7 heteroatoms. The lowest BCUT2D eigenvalue weighted by molar-refractivity contribution is -0.137. The highest BCUT2D eigenvalue weighted by molar-refractivity contribution is 6.31. The zero-order valence-electron chi connectivity index (χ0n) is 12.0. The minimum Gasteiger partial charge on any atom is -0.376 e. The SMILES string of the molecule is Cc1cc(NCc2ccc(Cl)c(C(F)(F)F)c2)c(=O)n(C)c1. The lowest BCUT2D eigenvalue weighted by Crippen LogP contribution is -2.21. The molecule has 0 atom stereocenters. The number of rotatable bonds is 3. The summed E-state index contributed by atoms with van der Waals surface area (Å²) >= 11 is 5.57. The first-order valence-corrected chi connectivity index (χ1v) is 6.83. The number of anilines is 1. The first-order chi connectivity index (χ1) is 10.2. The highest BCUT2D eigenvalue weighted by atomic mass is 35.5. The molecule has 0 aliphatic carbocycles. The fourth-order valence-electron chi connectivity index (χ4n) is 2.10. The Kier molecular flexibility index (Phi) is 4.51. The molecule has 2 rings (SSSR count). The molecule has 0 radical (unpaired) electrons. The topological polar surface area (TPSA) is 34.0 Å². The van der Waals surface area contributed by atoms with E-state index in [2.05, 4.69) is 5.32 Å². The zero-order valence-corrected chi connectivity index (χ0v) is 12.7. The van der Waals surface area contributed by atoms with Gasteiger partial charge in [0.25, 0.3) is 5.56 Å². The quantitative estimate of drug-likeness (QED) is 0.923. The Morgan fingerprint density at radius 2 is 1.95 bits per heavy atom. The number of alkyl halides is 3. The molecule has 0 spiro atoms. The number of halogens is 4. The van der Waals surface area contributed by atoms with E-state index in [0.29, 0.717) is 11.3 Å². The lowest BCUT2D eigenvalue weighted by Gasteiger charge is -2.12. The average Bonchev–Trinajstić information content (AvgIpc) is 2.41. The Labute approximate surface area is 130 Å². The van der Waals surface area contributed by atoms with Crippen LogP contribution in [0.2, 0.25) is 5.02 Å². The van der Waals surface area contributed by atoms with Crippen LogP contribution in [0.4, 0.5) is 18.9 Å². The van der Waals surface area contributed by atoms with Gasteiger partial charge in [-0.2, -0.15) is 13.2 Å². The molecule has 0 unspecified atom stereocenters. The van der Waals surface area contributed by atoms with Crippen LogP contribution < -0.4 is 10.9 Å². The maximum atomic E-state index is 12.8. The van der Waals surface area contributed by atoms with Gasteiger partial charge in [0.15, 0.2) is 0 Å². The van der Waals surface area contributed by atoms with Crippen LogP contribution in [0.25, 0.3) is 0 Å². The van der Waals surface area contributed by atoms with Gasteiger partial charge >= 0.3 is 6.18 Å². The van der Waals surface area contributed by atoms with Crippen molar-refractivity contribution in [2.75, 3.05) is 5.32 Å². The lowest BCUT2D eigenvalue weighted by atomic mass is 10.1. The molecule has 118 valence electrons. The van der Waals surface area contributed by atoms with Crippen molar-refractivity contribution >= 4 is 17.3 Å². The number of hydrogen-bond acceptors (Lipinski definition) is 2. The minimum absolute atomic E-state index is 0.0962. The Balaban J connectivity index is 2.25. The predicted octanol–water partition coefficient (Wildman–Crippen LogP) is 3.98. The van der Waals surface area contributed by atoms with E-state index in [1.807, 2.05) is 6.92 Å². The smallest absolute Gasteiger partial charge is 0.376 e. The molecule has 0 aliphatic rings. The van der Waals surface area contributed by atoms with Crippen molar-refractivity contribution in [3.63, 3.8) is 0 Å². The number of hydrogen-bond donors (Lipinski definition) is 1. The summed E-state index contributed by atoms with van der Waals surface area (Å²) in [5.74, 6) is 0. The van der Waals surface area contributed by atoms with Crippen LogP contribution in [-0.4, -0.2) is 4.57 Å². The van der Waals surface area contributed by atoms with Gasteiger partial charge in [0, 0.05) is 19.8 Å². The van der Waals surface area contributed by atoms with Crippen LogP contribution >= 0.6 is 11.6 Å². The van der Waals surface area contributed by atoms with Crippen LogP contribution in [0, 0.1) is 6.92 Å². The maximum Gasteiger partial charge on any atom is 0.417 e. The molecule has 1 heterocycles. The second-order valence-corrected chi connectivity index (χ2v) is 5.42. The van der Waals surface area contributed by atoms with E-state index in [9.17, 15) is 18.0 Å². The number of pyridine rings is 1. The molecule has 1 N–H and O–H groups in total. The van der Waals surface area contributed by atoms with Gasteiger partial charge in [0.05, 0.1) is 10.6 Å². The van der Waals surface area contributed by atoms with E-state index in [1.54, 1.807) is 19.3 Å². The van der Waals surface area contributed by atoms with E-state index < -0.39 is 11.7 Å². The molecule has 0 saturated carbocycles. The molecule has 0 fully saturated rings. The van der Waals surface area contributed by atoms with Crippen LogP contribution in [0.15, 0.2) is 35.3 Å². The standard InChI is InChI=1S/C15H14ClF3N2O/c1-9-5-13(14(22)21(2)8-9)20-7-10-3-4-12(16)11(6-10)15(17,18)19/h3-6,8,20H,7H2,1-2H3. The summed E-state index contributed by atoms with van der Waals surface area (Å²) in [5.41, 5.74) is 0.476. The van der Waals surface area contributed by atoms with Crippen molar-refractivity contribution in [3.05, 3.63) is 62.5 Å². The third-order valence-corrected chi connectivity index (χ3v) is 3.47. The van der Waals surface area contributed by atoms with Gasteiger partial charge in [0.2, 0.25) is 0 Å². The monoisotopic (exact) mass is 330 g/mol. The van der Waals surface area contributed by atoms with Gasteiger partial charge in [-0.1, -0.05) is 17.7 Å². The van der Waals surface area contributed by atoms with Crippen molar-refractivity contribution in [1.29, 1.82) is 0 Å². The van der Waals surface area contributed by atoms with Gasteiger partial charge in [-0.15, -0.1) is 0 Å². The van der Waals surface area contributed by atoms with Gasteiger partial charge in [-0.25, -0.2) is 0 Å². The summed E-state index contributed by atoms with van der Waals surface area (Å²) < 4.78 is 39.8. The fraction of sp³-hybridized carbons (Fsp3) is 0.267. The molecule has 2 aromatic rings. The summed E-state index contributed by atoms with van der Waals surface area (Å²) in [7, 11) is 1.62. The molecule has 22 heavy (non-hydrogen) atoms. The average molecular weight is 331 g/mol. The largest absolute Gasteiger partial charge is 0.417 e. The summed E-state index contributed by atoms with van der Waals surface area (Å²) in [6.45, 7) is 1.92. The van der Waals surface area contributed by atoms with Gasteiger partial charge in [-0.05, 0) is 36.2 Å². The molecule has 1 aromatic heterocycles. The molecule has 0 saturated heterocycles. The van der Waals surface area contributed by atoms with Crippen molar-refractivity contribution in [2.24, 2.45) is 7.05 Å². The number of aryl methyl sites for hydroxylation is 2. The van der Waals surface area contributed by atoms with Crippen LogP contribution in [0.1, 0.15) is 16.7 Å². The van der Waals surface area contributed by atoms with E-state index in [0.717, 1.165) is 11.6 Å². The van der Waals surface area contributed by atoms with Crippen molar-refractivity contribution in [2.45, 2.75) is 19.6 Å². The second kappa shape index (κ2) is 6.04. The highest BCUT2D eigenvalue weighted by Crippen LogP contribution is 2.35. The zero-order chi connectivity index (χ0) is 16.5. The second-order valence-electron chi connectivity index (χ2n) is 5.01. The molecular formula is C15H14ClF3N2O. The molecule has 1 aromatic carbocycles. The van der Waals surface area contributed by atoms with Crippen LogP contribution in [0.3, 0.4) is 0 Å². The van der Waals surface area contributed by atoms with E-state index in [-0.39, 0.29) is 17.1 Å². The van der Waals surface area contributed by atoms with Gasteiger partial charge in [0.1, 0.15) is 5.69 Å². The predicted molar refractivity (Wildman–Crippen MR) is 80.2 cm³/mol. The molecule has 0 aliphatic heterocycles. The number of nitrogens with zero attached hydrogens (tertiary/aromatic N) is 1. The van der Waals surface area contributed by atoms with Gasteiger partial charge in [-0.3, -0.25) is 4.79 Å². The Morgan fingerprint density at radius 1 is 1.27 bits per heavy atom. The van der Waals surface area contributed by atoms with Crippen molar-refractivity contribution in [1.82, 2.24) is 4.57 Å². The Morgan fingerprint density at radius 3 is 2.59 bits per heavy atom. The summed E-state index contributed by atoms with van der Waals surface area (Å²) in [4.78, 5) is 11.9. The van der Waals surface area contributed by atoms with E-state index >= 15 is 0 Å². The van der Waals surface area contributed by atoms with Crippen LogP contribution in [-0.2, 0) is 19.8 Å². The molecule has 0 amide bonds. The minimum atomic E-state index is -4.51. The van der Waals surface area contributed by atoms with Gasteiger partial charge < -0.3 is 9.88 Å². The summed E-state index contributed by atoms with van der Waals surface area (Å²) in [5, 5.41) is 2.52. The first kappa shape index (κ1) is 16.4. The van der Waals surface area contributed by atoms with Crippen molar-refractivity contribution in [3.8, 4) is 0 Å². The number of benzene rings is 1. The fourth-order valence-corrected chi connectivity index (χ4v) is 2.33. The third-order valence-electron chi connectivity index (χ3n) is 3.14. The van der Waals surface area contributed by atoms with Crippen molar-refractivity contribution < 1.29 is 13.2 Å². The third kappa shape index (κ3) is 3.62. The number of nitrogens with one attached hydrogen (secondary N) is 1. The highest BCUT2D eigenvalue weighted by Gasteiger charge is 2.33. The maximum absolute atomic E-state index is 12.8. The Hall–Kier alpha value is -1.95. The Bertz CT molecular complexity index is 753. The van der Waals surface area contributed by atoms with E-state index in [1.165, 1.54) is 16.7 Å². The normalized spacial score (nSPS) is 11.5. The molecular weight excluding hydrogens is 317 g/mol.